The molecule has 0 aromatic heterocycles. The normalized spacial score (nSPS) is 14.5. The van der Waals surface area contributed by atoms with Gasteiger partial charge >= 0.3 is 6.09 Å². The monoisotopic (exact) mass is 187 g/mol. The second-order valence-corrected chi connectivity index (χ2v) is 3.92. The van der Waals surface area contributed by atoms with Crippen LogP contribution >= 0.6 is 0 Å². The molecular weight excluding hydrogens is 170 g/mol. The minimum atomic E-state index is -0.618. The largest absolute Gasteiger partial charge is 0.442 e. The van der Waals surface area contributed by atoms with Crippen LogP contribution in [0.4, 0.5) is 4.79 Å². The molecule has 0 heterocycles. The van der Waals surface area contributed by atoms with Gasteiger partial charge in [-0.15, -0.1) is 0 Å². The maximum absolute atomic E-state index is 11.0. The van der Waals surface area contributed by atoms with E-state index in [4.69, 9.17) is 9.84 Å². The Morgan fingerprint density at radius 3 is 2.54 bits per heavy atom. The van der Waals surface area contributed by atoms with Gasteiger partial charge in [0.15, 0.2) is 0 Å². The molecule has 1 amide bonds. The fourth-order valence-electron chi connectivity index (χ4n) is 0.524. The Bertz CT molecular complexity index is 194. The molecule has 0 aliphatic heterocycles. The molecular formula is C9H17NO3. The molecule has 4 heteroatoms. The number of aliphatic hydroxyl groups excluding tert-OH is 1. The van der Waals surface area contributed by atoms with Crippen molar-refractivity contribution < 1.29 is 14.6 Å². The van der Waals surface area contributed by atoms with Crippen molar-refractivity contribution in [2.24, 2.45) is 10.9 Å². The quantitative estimate of drug-likeness (QED) is 0.668. The van der Waals surface area contributed by atoms with Gasteiger partial charge in [0.25, 0.3) is 0 Å². The zero-order valence-corrected chi connectivity index (χ0v) is 8.57. The zero-order valence-electron chi connectivity index (χ0n) is 8.57. The van der Waals surface area contributed by atoms with Crippen LogP contribution in [0.1, 0.15) is 27.7 Å². The van der Waals surface area contributed by atoms with Gasteiger partial charge in [0.2, 0.25) is 0 Å². The van der Waals surface area contributed by atoms with Crippen LogP contribution in [0.2, 0.25) is 0 Å². The van der Waals surface area contributed by atoms with E-state index in [1.165, 1.54) is 6.21 Å². The van der Waals surface area contributed by atoms with E-state index in [-0.39, 0.29) is 12.5 Å². The summed E-state index contributed by atoms with van der Waals surface area (Å²) in [6.45, 7) is 7.06. The lowest BCUT2D eigenvalue weighted by Crippen LogP contribution is -2.22. The number of aliphatic hydroxyl groups is 1. The summed E-state index contributed by atoms with van der Waals surface area (Å²) < 4.78 is 4.91. The number of hydrogen-bond donors (Lipinski definition) is 1. The second-order valence-electron chi connectivity index (χ2n) is 3.92. The van der Waals surface area contributed by atoms with E-state index in [9.17, 15) is 4.79 Å². The van der Waals surface area contributed by atoms with E-state index in [2.05, 4.69) is 4.99 Å². The van der Waals surface area contributed by atoms with Crippen LogP contribution < -0.4 is 0 Å². The lowest BCUT2D eigenvalue weighted by Gasteiger charge is -2.17. The predicted octanol–water partition coefficient (Wildman–Crippen LogP) is 1.62. The summed E-state index contributed by atoms with van der Waals surface area (Å²) in [6.07, 6.45) is 0.765. The Hall–Kier alpha value is -0.900. The van der Waals surface area contributed by atoms with Crippen LogP contribution in [0, 0.1) is 5.92 Å². The summed E-state index contributed by atoms with van der Waals surface area (Å²) in [4.78, 5) is 14.5. The maximum atomic E-state index is 11.0. The van der Waals surface area contributed by atoms with Crippen molar-refractivity contribution in [1.82, 2.24) is 0 Å². The predicted molar refractivity (Wildman–Crippen MR) is 51.0 cm³/mol. The smallest absolute Gasteiger partial charge is 0.433 e. The Morgan fingerprint density at radius 1 is 1.62 bits per heavy atom. The summed E-state index contributed by atoms with van der Waals surface area (Å²) in [7, 11) is 0. The summed E-state index contributed by atoms with van der Waals surface area (Å²) >= 11 is 0. The molecule has 76 valence electrons. The summed E-state index contributed by atoms with van der Waals surface area (Å²) in [5.41, 5.74) is -0.517. The van der Waals surface area contributed by atoms with Crippen molar-refractivity contribution >= 4 is 12.3 Å². The maximum Gasteiger partial charge on any atom is 0.433 e. The first-order chi connectivity index (χ1) is 5.85. The summed E-state index contributed by atoms with van der Waals surface area (Å²) in [6, 6.07) is 0. The molecule has 0 aromatic carbocycles. The van der Waals surface area contributed by atoms with Crippen LogP contribution in [0.15, 0.2) is 4.99 Å². The average molecular weight is 187 g/mol. The molecule has 0 radical (unpaired) electrons. The van der Waals surface area contributed by atoms with E-state index in [1.54, 1.807) is 27.7 Å². The standard InChI is InChI=1S/C9H17NO3/c1-7(6-11)5-10-8(12)13-9(2,3)4/h5,7,11H,6H2,1-4H3/b10-5+/t7-/m1/s1. The number of carbonyl (C=O) groups excluding carboxylic acids is 1. The Balaban J connectivity index is 3.95. The fourth-order valence-corrected chi connectivity index (χ4v) is 0.524. The molecule has 0 saturated heterocycles. The molecule has 1 atom stereocenters. The van der Waals surface area contributed by atoms with Gasteiger partial charge in [-0.1, -0.05) is 6.92 Å². The average Bonchev–Trinajstić information content (AvgIpc) is 1.97. The van der Waals surface area contributed by atoms with Crippen molar-refractivity contribution in [3.63, 3.8) is 0 Å². The van der Waals surface area contributed by atoms with Gasteiger partial charge in [0.05, 0.1) is 6.61 Å². The molecule has 0 rings (SSSR count). The highest BCUT2D eigenvalue weighted by Crippen LogP contribution is 2.07. The topological polar surface area (TPSA) is 58.9 Å². The third kappa shape index (κ3) is 7.46. The highest BCUT2D eigenvalue weighted by atomic mass is 16.6. The van der Waals surface area contributed by atoms with Crippen LogP contribution in [0.3, 0.4) is 0 Å². The Morgan fingerprint density at radius 2 is 2.15 bits per heavy atom. The number of aliphatic imine (C=N–C) groups is 1. The van der Waals surface area contributed by atoms with Crippen molar-refractivity contribution in [2.75, 3.05) is 6.61 Å². The third-order valence-electron chi connectivity index (χ3n) is 1.12. The number of carbonyl (C=O) groups is 1. The number of amides is 1. The van der Waals surface area contributed by atoms with E-state index in [0.717, 1.165) is 0 Å². The fraction of sp³-hybridized carbons (Fsp3) is 0.778. The first-order valence-corrected chi connectivity index (χ1v) is 4.23. The van der Waals surface area contributed by atoms with E-state index < -0.39 is 11.7 Å². The van der Waals surface area contributed by atoms with E-state index in [0.29, 0.717) is 0 Å². The first-order valence-electron chi connectivity index (χ1n) is 4.23. The lowest BCUT2D eigenvalue weighted by atomic mass is 10.2. The Labute approximate surface area is 78.6 Å². The van der Waals surface area contributed by atoms with Gasteiger partial charge in [-0.2, -0.15) is 4.99 Å². The first kappa shape index (κ1) is 12.1. The number of ether oxygens (including phenoxy) is 1. The molecule has 0 bridgehead atoms. The SMILES string of the molecule is C[C@H](/C=N/C(=O)OC(C)(C)C)CO. The van der Waals surface area contributed by atoms with Gasteiger partial charge in [0, 0.05) is 12.1 Å². The van der Waals surface area contributed by atoms with E-state index in [1.807, 2.05) is 0 Å². The Kier molecular flexibility index (Phi) is 4.62. The number of rotatable bonds is 2. The molecule has 0 aliphatic carbocycles. The van der Waals surface area contributed by atoms with E-state index >= 15 is 0 Å². The number of nitrogens with zero attached hydrogens (tertiary/aromatic N) is 1. The molecule has 1 N–H and O–H groups in total. The van der Waals surface area contributed by atoms with Crippen LogP contribution in [0.25, 0.3) is 0 Å². The highest BCUT2D eigenvalue weighted by Gasteiger charge is 2.14. The molecule has 0 unspecified atom stereocenters. The van der Waals surface area contributed by atoms with Gasteiger partial charge in [-0.3, -0.25) is 0 Å². The summed E-state index contributed by atoms with van der Waals surface area (Å²) in [5, 5.41) is 8.64. The van der Waals surface area contributed by atoms with Crippen molar-refractivity contribution in [3.8, 4) is 0 Å². The zero-order chi connectivity index (χ0) is 10.5. The highest BCUT2D eigenvalue weighted by molar-refractivity contribution is 5.80. The van der Waals surface area contributed by atoms with Gasteiger partial charge in [-0.25, -0.2) is 4.79 Å². The molecule has 0 saturated carbocycles. The molecule has 0 fully saturated rings. The van der Waals surface area contributed by atoms with Gasteiger partial charge < -0.3 is 9.84 Å². The van der Waals surface area contributed by atoms with Crippen molar-refractivity contribution in [1.29, 1.82) is 0 Å². The number of hydrogen-bond acceptors (Lipinski definition) is 3. The van der Waals surface area contributed by atoms with Gasteiger partial charge in [-0.05, 0) is 20.8 Å². The van der Waals surface area contributed by atoms with Crippen molar-refractivity contribution in [2.45, 2.75) is 33.3 Å². The molecule has 0 spiro atoms. The van der Waals surface area contributed by atoms with Gasteiger partial charge in [0.1, 0.15) is 5.60 Å². The third-order valence-corrected chi connectivity index (χ3v) is 1.12. The summed E-state index contributed by atoms with van der Waals surface area (Å²) in [5.74, 6) is -0.118. The van der Waals surface area contributed by atoms with Crippen molar-refractivity contribution in [3.05, 3.63) is 0 Å². The minimum Gasteiger partial charge on any atom is -0.442 e. The van der Waals surface area contributed by atoms with Crippen LogP contribution in [-0.2, 0) is 4.74 Å². The van der Waals surface area contributed by atoms with Crippen LogP contribution in [0.5, 0.6) is 0 Å². The minimum absolute atomic E-state index is 0.0215. The molecule has 0 aliphatic rings. The molecule has 4 nitrogen and oxygen atoms in total. The van der Waals surface area contributed by atoms with Crippen LogP contribution in [-0.4, -0.2) is 29.6 Å². The molecule has 0 aromatic rings. The molecule has 13 heavy (non-hydrogen) atoms. The second kappa shape index (κ2) is 4.97. The lowest BCUT2D eigenvalue weighted by molar-refractivity contribution is 0.0604.